The monoisotopic (exact) mass is 213 g/mol. The quantitative estimate of drug-likeness (QED) is 0.718. The van der Waals surface area contributed by atoms with Gasteiger partial charge < -0.3 is 14.2 Å². The first-order valence-electron chi connectivity index (χ1n) is 3.99. The third-order valence-corrected chi connectivity index (χ3v) is 2.46. The van der Waals surface area contributed by atoms with Gasteiger partial charge in [-0.05, 0) is 12.1 Å². The second-order valence-corrected chi connectivity index (χ2v) is 3.21. The maximum atomic E-state index is 5.23. The van der Waals surface area contributed by atoms with E-state index < -0.39 is 0 Å². The first-order valence-corrected chi connectivity index (χ1v) is 4.98. The maximum absolute atomic E-state index is 5.23. The fourth-order valence-corrected chi connectivity index (χ4v) is 1.66. The summed E-state index contributed by atoms with van der Waals surface area (Å²) in [5.74, 6) is 1.91. The number of thioether (sulfide) groups is 1. The molecule has 1 radical (unpaired) electrons. The van der Waals surface area contributed by atoms with Crippen LogP contribution in [0.3, 0.4) is 0 Å². The Kier molecular flexibility index (Phi) is 3.95. The molecule has 0 bridgehead atoms. The van der Waals surface area contributed by atoms with Crippen molar-refractivity contribution in [3.05, 3.63) is 18.4 Å². The second kappa shape index (κ2) is 5.00. The van der Waals surface area contributed by atoms with Crippen LogP contribution in [0, 0.1) is 6.26 Å². The Morgan fingerprint density at radius 1 is 1.00 bits per heavy atom. The van der Waals surface area contributed by atoms with E-state index in [2.05, 4.69) is 6.26 Å². The third kappa shape index (κ3) is 1.90. The SMILES string of the molecule is [CH2]Sc1ccc(OC)c(OC)c1OC. The van der Waals surface area contributed by atoms with Gasteiger partial charge in [0.25, 0.3) is 0 Å². The Morgan fingerprint density at radius 2 is 1.64 bits per heavy atom. The van der Waals surface area contributed by atoms with Crippen LogP contribution in [0.4, 0.5) is 0 Å². The molecule has 0 heterocycles. The molecule has 0 atom stereocenters. The van der Waals surface area contributed by atoms with Crippen molar-refractivity contribution < 1.29 is 14.2 Å². The van der Waals surface area contributed by atoms with Crippen molar-refractivity contribution >= 4 is 11.8 Å². The van der Waals surface area contributed by atoms with Crippen LogP contribution in [0.5, 0.6) is 17.2 Å². The summed E-state index contributed by atoms with van der Waals surface area (Å²) in [6, 6.07) is 3.72. The lowest BCUT2D eigenvalue weighted by Gasteiger charge is -2.14. The maximum Gasteiger partial charge on any atom is 0.204 e. The van der Waals surface area contributed by atoms with Gasteiger partial charge in [-0.15, -0.1) is 11.8 Å². The Morgan fingerprint density at radius 3 is 2.07 bits per heavy atom. The summed E-state index contributed by atoms with van der Waals surface area (Å²) in [6.45, 7) is 0. The molecular weight excluding hydrogens is 200 g/mol. The highest BCUT2D eigenvalue weighted by atomic mass is 32.2. The minimum atomic E-state index is 0.601. The summed E-state index contributed by atoms with van der Waals surface area (Å²) in [5.41, 5.74) is 0. The van der Waals surface area contributed by atoms with Gasteiger partial charge in [-0.3, -0.25) is 0 Å². The van der Waals surface area contributed by atoms with Gasteiger partial charge in [0.05, 0.1) is 26.2 Å². The van der Waals surface area contributed by atoms with Crippen LogP contribution in [0.2, 0.25) is 0 Å². The van der Waals surface area contributed by atoms with Gasteiger partial charge in [-0.2, -0.15) is 0 Å². The highest BCUT2D eigenvalue weighted by molar-refractivity contribution is 8.00. The van der Waals surface area contributed by atoms with Crippen molar-refractivity contribution in [2.45, 2.75) is 4.90 Å². The van der Waals surface area contributed by atoms with Crippen LogP contribution >= 0.6 is 11.8 Å². The summed E-state index contributed by atoms with van der Waals surface area (Å²) < 4.78 is 15.6. The van der Waals surface area contributed by atoms with Crippen LogP contribution in [0.25, 0.3) is 0 Å². The molecule has 1 aromatic carbocycles. The number of methoxy groups -OCH3 is 3. The van der Waals surface area contributed by atoms with Gasteiger partial charge in [-0.25, -0.2) is 0 Å². The standard InChI is InChI=1S/C10H13O3S/c1-11-7-5-6-8(14-4)10(13-3)9(7)12-2/h5-6H,4H2,1-3H3. The van der Waals surface area contributed by atoms with Crippen molar-refractivity contribution in [2.24, 2.45) is 0 Å². The molecule has 0 fully saturated rings. The minimum Gasteiger partial charge on any atom is -0.493 e. The first kappa shape index (κ1) is 11.0. The topological polar surface area (TPSA) is 27.7 Å². The zero-order valence-electron chi connectivity index (χ0n) is 8.49. The van der Waals surface area contributed by atoms with Gasteiger partial charge >= 0.3 is 0 Å². The third-order valence-electron chi connectivity index (χ3n) is 1.82. The van der Waals surface area contributed by atoms with Gasteiger partial charge in [0.1, 0.15) is 0 Å². The smallest absolute Gasteiger partial charge is 0.204 e. The molecule has 4 heteroatoms. The first-order chi connectivity index (χ1) is 6.78. The molecule has 0 saturated heterocycles. The molecule has 0 aliphatic carbocycles. The molecule has 0 aliphatic heterocycles. The van der Waals surface area contributed by atoms with Gasteiger partial charge in [0, 0.05) is 6.26 Å². The van der Waals surface area contributed by atoms with Crippen molar-refractivity contribution in [1.29, 1.82) is 0 Å². The lowest BCUT2D eigenvalue weighted by atomic mass is 10.3. The number of hydrogen-bond acceptors (Lipinski definition) is 4. The number of rotatable bonds is 4. The number of ether oxygens (including phenoxy) is 3. The summed E-state index contributed by atoms with van der Waals surface area (Å²) in [7, 11) is 4.77. The predicted octanol–water partition coefficient (Wildman–Crippen LogP) is 2.60. The Balaban J connectivity index is 3.28. The predicted molar refractivity (Wildman–Crippen MR) is 57.3 cm³/mol. The van der Waals surface area contributed by atoms with E-state index in [1.165, 1.54) is 11.8 Å². The van der Waals surface area contributed by atoms with Crippen LogP contribution in [-0.4, -0.2) is 21.3 Å². The van der Waals surface area contributed by atoms with E-state index in [0.29, 0.717) is 17.2 Å². The molecule has 0 unspecified atom stereocenters. The summed E-state index contributed by atoms with van der Waals surface area (Å²) in [6.07, 6.45) is 3.74. The van der Waals surface area contributed by atoms with E-state index in [-0.39, 0.29) is 0 Å². The second-order valence-electron chi connectivity index (χ2n) is 2.48. The number of benzene rings is 1. The molecule has 1 rings (SSSR count). The molecular formula is C10H13O3S. The highest BCUT2D eigenvalue weighted by Crippen LogP contribution is 2.43. The van der Waals surface area contributed by atoms with E-state index >= 15 is 0 Å². The summed E-state index contributed by atoms with van der Waals surface area (Å²) >= 11 is 1.36. The fraction of sp³-hybridized carbons (Fsp3) is 0.300. The Hall–Kier alpha value is -1.03. The summed E-state index contributed by atoms with van der Waals surface area (Å²) in [5, 5.41) is 0. The van der Waals surface area contributed by atoms with Crippen molar-refractivity contribution in [3.63, 3.8) is 0 Å². The van der Waals surface area contributed by atoms with Crippen LogP contribution < -0.4 is 14.2 Å². The zero-order valence-corrected chi connectivity index (χ0v) is 9.31. The minimum absolute atomic E-state index is 0.601. The molecule has 0 N–H and O–H groups in total. The largest absolute Gasteiger partial charge is 0.493 e. The van der Waals surface area contributed by atoms with E-state index in [1.807, 2.05) is 12.1 Å². The van der Waals surface area contributed by atoms with Crippen LogP contribution in [0.15, 0.2) is 17.0 Å². The molecule has 0 saturated carbocycles. The average Bonchev–Trinajstić information content (AvgIpc) is 2.26. The van der Waals surface area contributed by atoms with E-state index in [9.17, 15) is 0 Å². The van der Waals surface area contributed by atoms with Crippen molar-refractivity contribution in [3.8, 4) is 17.2 Å². The lowest BCUT2D eigenvalue weighted by molar-refractivity contribution is 0.319. The van der Waals surface area contributed by atoms with E-state index in [0.717, 1.165) is 4.90 Å². The zero-order chi connectivity index (χ0) is 10.6. The Labute approximate surface area is 88.4 Å². The van der Waals surface area contributed by atoms with Gasteiger partial charge in [0.15, 0.2) is 11.5 Å². The molecule has 77 valence electrons. The van der Waals surface area contributed by atoms with Gasteiger partial charge in [-0.1, -0.05) is 0 Å². The molecule has 0 aliphatic rings. The molecule has 1 aromatic rings. The van der Waals surface area contributed by atoms with Crippen molar-refractivity contribution in [1.82, 2.24) is 0 Å². The average molecular weight is 213 g/mol. The molecule has 0 amide bonds. The molecule has 0 aromatic heterocycles. The van der Waals surface area contributed by atoms with Gasteiger partial charge in [0.2, 0.25) is 5.75 Å². The fourth-order valence-electron chi connectivity index (χ4n) is 1.19. The molecule has 0 spiro atoms. The van der Waals surface area contributed by atoms with E-state index in [4.69, 9.17) is 14.2 Å². The highest BCUT2D eigenvalue weighted by Gasteiger charge is 2.14. The van der Waals surface area contributed by atoms with Crippen LogP contribution in [0.1, 0.15) is 0 Å². The van der Waals surface area contributed by atoms with Crippen molar-refractivity contribution in [2.75, 3.05) is 21.3 Å². The summed E-state index contributed by atoms with van der Waals surface area (Å²) in [4.78, 5) is 0.921. The van der Waals surface area contributed by atoms with E-state index in [1.54, 1.807) is 21.3 Å². The molecule has 3 nitrogen and oxygen atoms in total. The molecule has 14 heavy (non-hydrogen) atoms. The Bertz CT molecular complexity index is 281. The lowest BCUT2D eigenvalue weighted by Crippen LogP contribution is -1.95. The van der Waals surface area contributed by atoms with Crippen LogP contribution in [-0.2, 0) is 0 Å². The normalized spacial score (nSPS) is 9.71. The number of hydrogen-bond donors (Lipinski definition) is 0.